The summed E-state index contributed by atoms with van der Waals surface area (Å²) < 4.78 is 20.7. The van der Waals surface area contributed by atoms with Crippen LogP contribution in [-0.4, -0.2) is 35.1 Å². The molecule has 1 aromatic heterocycles. The first kappa shape index (κ1) is 31.7. The van der Waals surface area contributed by atoms with E-state index in [0.717, 1.165) is 15.1 Å². The summed E-state index contributed by atoms with van der Waals surface area (Å²) in [5.74, 6) is -1.37. The van der Waals surface area contributed by atoms with E-state index in [1.54, 1.807) is 68.6 Å². The van der Waals surface area contributed by atoms with E-state index >= 15 is 0 Å². The first-order valence-electron chi connectivity index (χ1n) is 13.6. The Kier molecular flexibility index (Phi) is 10.1. The second kappa shape index (κ2) is 14.4. The van der Waals surface area contributed by atoms with Gasteiger partial charge in [-0.25, -0.2) is 9.37 Å². The zero-order valence-corrected chi connectivity index (χ0v) is 26.4. The largest absolute Gasteiger partial charge is 0.497 e. The van der Waals surface area contributed by atoms with Gasteiger partial charge in [-0.1, -0.05) is 47.2 Å². The number of thiazole rings is 1. The minimum atomic E-state index is -0.680. The Bertz CT molecular complexity index is 1880. The number of methoxy groups -OCH3 is 1. The van der Waals surface area contributed by atoms with E-state index in [0.29, 0.717) is 22.1 Å². The van der Waals surface area contributed by atoms with Crippen molar-refractivity contribution in [1.82, 2.24) is 10.3 Å². The molecule has 0 radical (unpaired) electrons. The molecular formula is C33H26ClFN4O4S2. The number of hydrogen-bond acceptors (Lipinski definition) is 7. The minimum absolute atomic E-state index is 0.0396. The molecule has 5 aromatic rings. The van der Waals surface area contributed by atoms with E-state index in [9.17, 15) is 18.8 Å². The molecule has 3 amide bonds. The van der Waals surface area contributed by atoms with E-state index < -0.39 is 22.9 Å². The number of thioether (sulfide) groups is 1. The van der Waals surface area contributed by atoms with E-state index in [1.807, 2.05) is 18.2 Å². The molecule has 0 aliphatic heterocycles. The fraction of sp³-hybridized carbons (Fsp3) is 0.0909. The number of carbonyl (C=O) groups is 3. The third-order valence-electron chi connectivity index (χ3n) is 6.44. The molecule has 4 aromatic carbocycles. The van der Waals surface area contributed by atoms with Crippen molar-refractivity contribution in [3.63, 3.8) is 0 Å². The van der Waals surface area contributed by atoms with Crippen LogP contribution < -0.4 is 20.7 Å². The van der Waals surface area contributed by atoms with Crippen molar-refractivity contribution in [3.05, 3.63) is 119 Å². The van der Waals surface area contributed by atoms with Crippen LogP contribution in [0.15, 0.2) is 102 Å². The maximum Gasteiger partial charge on any atom is 0.272 e. The maximum absolute atomic E-state index is 14.6. The Morgan fingerprint density at radius 2 is 1.73 bits per heavy atom. The second-order valence-electron chi connectivity index (χ2n) is 9.59. The van der Waals surface area contributed by atoms with Crippen molar-refractivity contribution in [2.45, 2.75) is 17.1 Å². The summed E-state index contributed by atoms with van der Waals surface area (Å²) in [5.41, 5.74) is 1.27. The second-order valence-corrected chi connectivity index (χ2v) is 12.4. The van der Waals surface area contributed by atoms with Crippen LogP contribution in [0, 0.1) is 5.82 Å². The highest BCUT2D eigenvalue weighted by Gasteiger charge is 2.19. The number of fused-ring (bicyclic) bond motifs is 1. The van der Waals surface area contributed by atoms with Crippen LogP contribution in [0.3, 0.4) is 0 Å². The highest BCUT2D eigenvalue weighted by molar-refractivity contribution is 8.00. The topological polar surface area (TPSA) is 109 Å². The van der Waals surface area contributed by atoms with Gasteiger partial charge in [0.2, 0.25) is 5.91 Å². The average Bonchev–Trinajstić information content (AvgIpc) is 3.44. The summed E-state index contributed by atoms with van der Waals surface area (Å²) >= 11 is 8.88. The van der Waals surface area contributed by atoms with Gasteiger partial charge in [0.15, 0.2) is 5.13 Å². The van der Waals surface area contributed by atoms with Gasteiger partial charge in [-0.15, -0.1) is 11.8 Å². The third kappa shape index (κ3) is 8.07. The molecular weight excluding hydrogens is 635 g/mol. The third-order valence-corrected chi connectivity index (χ3v) is 8.81. The van der Waals surface area contributed by atoms with Crippen molar-refractivity contribution in [3.8, 4) is 5.75 Å². The van der Waals surface area contributed by atoms with Crippen molar-refractivity contribution in [2.75, 3.05) is 17.7 Å². The molecule has 1 atom stereocenters. The SMILES string of the molecule is COc1ccc2nc(NC(=O)C(C)Sc3ccc(NC(=O)/C(=C/c4c(F)cccc4Cl)NC(=O)c4ccccc4)cc3)sc2c1. The molecule has 228 valence electrons. The fourth-order valence-electron chi connectivity index (χ4n) is 4.10. The number of anilines is 2. The molecule has 5 rings (SSSR count). The first-order valence-corrected chi connectivity index (χ1v) is 15.6. The molecule has 45 heavy (non-hydrogen) atoms. The number of nitrogens with one attached hydrogen (secondary N) is 3. The van der Waals surface area contributed by atoms with Crippen molar-refractivity contribution in [1.29, 1.82) is 0 Å². The van der Waals surface area contributed by atoms with Gasteiger partial charge in [-0.3, -0.25) is 14.4 Å². The summed E-state index contributed by atoms with van der Waals surface area (Å²) in [6.07, 6.45) is 1.19. The number of amides is 3. The Labute approximate surface area is 271 Å². The van der Waals surface area contributed by atoms with Crippen LogP contribution in [-0.2, 0) is 9.59 Å². The highest BCUT2D eigenvalue weighted by atomic mass is 35.5. The normalized spacial score (nSPS) is 12.0. The summed E-state index contributed by atoms with van der Waals surface area (Å²) in [6.45, 7) is 1.78. The molecule has 0 aliphatic carbocycles. The maximum atomic E-state index is 14.6. The number of ether oxygens (including phenoxy) is 1. The van der Waals surface area contributed by atoms with Gasteiger partial charge in [0.25, 0.3) is 11.8 Å². The van der Waals surface area contributed by atoms with E-state index in [-0.39, 0.29) is 22.2 Å². The molecule has 0 saturated carbocycles. The zero-order chi connectivity index (χ0) is 31.9. The molecule has 0 spiro atoms. The van der Waals surface area contributed by atoms with Crippen LogP contribution in [0.1, 0.15) is 22.8 Å². The molecule has 1 heterocycles. The number of hydrogen-bond donors (Lipinski definition) is 3. The lowest BCUT2D eigenvalue weighted by atomic mass is 10.1. The first-order chi connectivity index (χ1) is 21.7. The van der Waals surface area contributed by atoms with Gasteiger partial charge in [-0.2, -0.15) is 0 Å². The molecule has 0 bridgehead atoms. The Balaban J connectivity index is 1.25. The average molecular weight is 661 g/mol. The van der Waals surface area contributed by atoms with Crippen LogP contribution in [0.2, 0.25) is 5.02 Å². The standard InChI is InChI=1S/C33H26ClFN4O4S2/c1-19(30(40)39-33-38-27-16-13-22(43-2)17-29(27)45-33)44-23-14-11-21(12-15-23)36-32(42)28(18-24-25(34)9-6-10-26(24)35)37-31(41)20-7-4-3-5-8-20/h3-19H,1-2H3,(H,36,42)(H,37,41)(H,38,39,40)/b28-18-. The molecule has 0 aliphatic rings. The van der Waals surface area contributed by atoms with Gasteiger partial charge >= 0.3 is 0 Å². The molecule has 0 fully saturated rings. The van der Waals surface area contributed by atoms with Crippen LogP contribution >= 0.6 is 34.7 Å². The molecule has 3 N–H and O–H groups in total. The molecule has 8 nitrogen and oxygen atoms in total. The number of halogens is 2. The van der Waals surface area contributed by atoms with Gasteiger partial charge in [-0.05, 0) is 79.7 Å². The lowest BCUT2D eigenvalue weighted by molar-refractivity contribution is -0.115. The highest BCUT2D eigenvalue weighted by Crippen LogP contribution is 2.31. The van der Waals surface area contributed by atoms with Crippen LogP contribution in [0.4, 0.5) is 15.2 Å². The molecule has 12 heteroatoms. The number of benzene rings is 4. The van der Waals surface area contributed by atoms with E-state index in [2.05, 4.69) is 20.9 Å². The summed E-state index contributed by atoms with van der Waals surface area (Å²) in [6, 6.07) is 24.8. The number of nitrogens with zero attached hydrogens (tertiary/aromatic N) is 1. The van der Waals surface area contributed by atoms with E-state index in [4.69, 9.17) is 16.3 Å². The smallest absolute Gasteiger partial charge is 0.272 e. The van der Waals surface area contributed by atoms with Gasteiger partial charge < -0.3 is 20.7 Å². The quantitative estimate of drug-likeness (QED) is 0.105. The minimum Gasteiger partial charge on any atom is -0.497 e. The summed E-state index contributed by atoms with van der Waals surface area (Å²) in [7, 11) is 1.59. The predicted molar refractivity (Wildman–Crippen MR) is 178 cm³/mol. The van der Waals surface area contributed by atoms with Crippen LogP contribution in [0.5, 0.6) is 5.75 Å². The Morgan fingerprint density at radius 3 is 2.44 bits per heavy atom. The zero-order valence-electron chi connectivity index (χ0n) is 24.0. The van der Waals surface area contributed by atoms with Gasteiger partial charge in [0, 0.05) is 21.7 Å². The van der Waals surface area contributed by atoms with Crippen molar-refractivity contribution >= 4 is 79.5 Å². The number of carbonyl (C=O) groups excluding carboxylic acids is 3. The van der Waals surface area contributed by atoms with Crippen LogP contribution in [0.25, 0.3) is 16.3 Å². The van der Waals surface area contributed by atoms with Crippen molar-refractivity contribution < 1.29 is 23.5 Å². The Hall–Kier alpha value is -4.71. The monoisotopic (exact) mass is 660 g/mol. The van der Waals surface area contributed by atoms with Gasteiger partial charge in [0.05, 0.1) is 27.6 Å². The fourth-order valence-corrected chi connectivity index (χ4v) is 6.08. The number of aromatic nitrogens is 1. The summed E-state index contributed by atoms with van der Waals surface area (Å²) in [5, 5.41) is 8.29. The lowest BCUT2D eigenvalue weighted by Gasteiger charge is -2.13. The predicted octanol–water partition coefficient (Wildman–Crippen LogP) is 7.63. The lowest BCUT2D eigenvalue weighted by Crippen LogP contribution is -2.30. The Morgan fingerprint density at radius 1 is 0.978 bits per heavy atom. The molecule has 0 saturated heterocycles. The number of rotatable bonds is 10. The van der Waals surface area contributed by atoms with Crippen molar-refractivity contribution in [2.24, 2.45) is 0 Å². The van der Waals surface area contributed by atoms with E-state index in [1.165, 1.54) is 47.4 Å². The molecule has 1 unspecified atom stereocenters. The summed E-state index contributed by atoms with van der Waals surface area (Å²) in [4.78, 5) is 44.3. The van der Waals surface area contributed by atoms with Gasteiger partial charge in [0.1, 0.15) is 17.3 Å².